The number of hydrazone groups is 1. The molecule has 0 aliphatic rings. The van der Waals surface area contributed by atoms with Crippen molar-refractivity contribution in [2.75, 3.05) is 0 Å². The van der Waals surface area contributed by atoms with Gasteiger partial charge in [0.25, 0.3) is 5.91 Å². The SMILES string of the molecule is O=C(N/N=C\c1ccc(Cl)c(Cl)c1)c1ccc(CSCc2ccccc2)cc1. The maximum atomic E-state index is 12.2. The molecule has 0 heterocycles. The monoisotopic (exact) mass is 428 g/mol. The molecule has 3 aromatic rings. The highest BCUT2D eigenvalue weighted by molar-refractivity contribution is 7.97. The van der Waals surface area contributed by atoms with E-state index < -0.39 is 0 Å². The zero-order valence-corrected chi connectivity index (χ0v) is 17.3. The summed E-state index contributed by atoms with van der Waals surface area (Å²) in [7, 11) is 0. The summed E-state index contributed by atoms with van der Waals surface area (Å²) in [6, 6.07) is 23.1. The van der Waals surface area contributed by atoms with Gasteiger partial charge in [0.15, 0.2) is 0 Å². The average molecular weight is 429 g/mol. The van der Waals surface area contributed by atoms with Gasteiger partial charge >= 0.3 is 0 Å². The molecule has 0 fully saturated rings. The summed E-state index contributed by atoms with van der Waals surface area (Å²) < 4.78 is 0. The Hall–Kier alpha value is -2.27. The number of halogens is 2. The van der Waals surface area contributed by atoms with Gasteiger partial charge in [-0.1, -0.05) is 71.7 Å². The van der Waals surface area contributed by atoms with Crippen molar-refractivity contribution in [1.29, 1.82) is 0 Å². The summed E-state index contributed by atoms with van der Waals surface area (Å²) in [4.78, 5) is 12.2. The second kappa shape index (κ2) is 10.3. The molecular weight excluding hydrogens is 411 g/mol. The molecule has 3 nitrogen and oxygen atoms in total. The largest absolute Gasteiger partial charge is 0.271 e. The smallest absolute Gasteiger partial charge is 0.267 e. The molecule has 0 aliphatic heterocycles. The lowest BCUT2D eigenvalue weighted by Crippen LogP contribution is -2.17. The molecule has 6 heteroatoms. The number of hydrogen-bond donors (Lipinski definition) is 1. The van der Waals surface area contributed by atoms with Crippen LogP contribution < -0.4 is 5.43 Å². The van der Waals surface area contributed by atoms with Gasteiger partial charge in [0, 0.05) is 17.1 Å². The van der Waals surface area contributed by atoms with E-state index in [-0.39, 0.29) is 5.91 Å². The Labute approximate surface area is 178 Å². The lowest BCUT2D eigenvalue weighted by Gasteiger charge is -2.04. The first-order valence-corrected chi connectivity index (χ1v) is 10.5. The number of nitrogens with zero attached hydrogens (tertiary/aromatic N) is 1. The predicted molar refractivity (Wildman–Crippen MR) is 119 cm³/mol. The van der Waals surface area contributed by atoms with E-state index in [1.165, 1.54) is 17.3 Å². The Kier molecular flexibility index (Phi) is 7.54. The van der Waals surface area contributed by atoms with Crippen LogP contribution >= 0.6 is 35.0 Å². The molecule has 3 aromatic carbocycles. The van der Waals surface area contributed by atoms with Crippen LogP contribution in [0.4, 0.5) is 0 Å². The third kappa shape index (κ3) is 6.13. The number of carbonyl (C=O) groups is 1. The number of nitrogens with one attached hydrogen (secondary N) is 1. The van der Waals surface area contributed by atoms with Crippen LogP contribution in [0, 0.1) is 0 Å². The van der Waals surface area contributed by atoms with Crippen LogP contribution in [0.2, 0.25) is 10.0 Å². The number of carbonyl (C=O) groups excluding carboxylic acids is 1. The zero-order valence-electron chi connectivity index (χ0n) is 14.9. The Morgan fingerprint density at radius 3 is 2.25 bits per heavy atom. The fourth-order valence-electron chi connectivity index (χ4n) is 2.44. The number of rotatable bonds is 7. The van der Waals surface area contributed by atoms with Gasteiger partial charge in [0.05, 0.1) is 16.3 Å². The predicted octanol–water partition coefficient (Wildman–Crippen LogP) is 6.19. The Morgan fingerprint density at radius 1 is 0.893 bits per heavy atom. The summed E-state index contributed by atoms with van der Waals surface area (Å²) >= 11 is 13.7. The molecule has 0 bridgehead atoms. The minimum atomic E-state index is -0.264. The molecule has 0 atom stereocenters. The van der Waals surface area contributed by atoms with E-state index in [9.17, 15) is 4.79 Å². The number of benzene rings is 3. The number of amides is 1. The van der Waals surface area contributed by atoms with Crippen LogP contribution in [0.3, 0.4) is 0 Å². The van der Waals surface area contributed by atoms with Crippen LogP contribution in [0.25, 0.3) is 0 Å². The van der Waals surface area contributed by atoms with Crippen LogP contribution in [-0.4, -0.2) is 12.1 Å². The standard InChI is InChI=1S/C22H18Cl2N2OS/c23-20-11-8-18(12-21(20)24)13-25-26-22(27)19-9-6-17(7-10-19)15-28-14-16-4-2-1-3-5-16/h1-13H,14-15H2,(H,26,27)/b25-13-. The summed E-state index contributed by atoms with van der Waals surface area (Å²) in [6.07, 6.45) is 1.52. The van der Waals surface area contributed by atoms with Crippen LogP contribution in [0.15, 0.2) is 77.9 Å². The summed E-state index contributed by atoms with van der Waals surface area (Å²) in [6.45, 7) is 0. The molecule has 0 spiro atoms. The summed E-state index contributed by atoms with van der Waals surface area (Å²) in [5, 5.41) is 4.88. The van der Waals surface area contributed by atoms with E-state index in [4.69, 9.17) is 23.2 Å². The Balaban J connectivity index is 1.49. The summed E-state index contributed by atoms with van der Waals surface area (Å²) in [5.74, 6) is 1.60. The third-order valence-corrected chi connectivity index (χ3v) is 5.73. The second-order valence-corrected chi connectivity index (χ2v) is 7.85. The minimum absolute atomic E-state index is 0.264. The van der Waals surface area contributed by atoms with Crippen LogP contribution in [0.1, 0.15) is 27.0 Å². The highest BCUT2D eigenvalue weighted by Gasteiger charge is 2.04. The highest BCUT2D eigenvalue weighted by atomic mass is 35.5. The Morgan fingerprint density at radius 2 is 1.57 bits per heavy atom. The van der Waals surface area contributed by atoms with Crippen molar-refractivity contribution in [1.82, 2.24) is 5.43 Å². The van der Waals surface area contributed by atoms with E-state index in [2.05, 4.69) is 22.7 Å². The van der Waals surface area contributed by atoms with Crippen molar-refractivity contribution in [3.05, 3.63) is 105 Å². The lowest BCUT2D eigenvalue weighted by atomic mass is 10.1. The lowest BCUT2D eigenvalue weighted by molar-refractivity contribution is 0.0955. The van der Waals surface area contributed by atoms with E-state index in [0.717, 1.165) is 17.1 Å². The van der Waals surface area contributed by atoms with Crippen molar-refractivity contribution in [3.63, 3.8) is 0 Å². The second-order valence-electron chi connectivity index (χ2n) is 6.05. The zero-order chi connectivity index (χ0) is 19.8. The number of thioether (sulfide) groups is 1. The van der Waals surface area contributed by atoms with Crippen molar-refractivity contribution in [2.24, 2.45) is 5.10 Å². The molecule has 0 aromatic heterocycles. The van der Waals surface area contributed by atoms with Gasteiger partial charge in [0.2, 0.25) is 0 Å². The fourth-order valence-corrected chi connectivity index (χ4v) is 3.70. The molecule has 28 heavy (non-hydrogen) atoms. The molecule has 1 amide bonds. The van der Waals surface area contributed by atoms with E-state index in [1.54, 1.807) is 18.2 Å². The van der Waals surface area contributed by atoms with Gasteiger partial charge < -0.3 is 0 Å². The van der Waals surface area contributed by atoms with Crippen LogP contribution in [-0.2, 0) is 11.5 Å². The van der Waals surface area contributed by atoms with Gasteiger partial charge in [-0.2, -0.15) is 16.9 Å². The maximum absolute atomic E-state index is 12.2. The highest BCUT2D eigenvalue weighted by Crippen LogP contribution is 2.22. The first kappa shape index (κ1) is 20.5. The van der Waals surface area contributed by atoms with E-state index in [0.29, 0.717) is 15.6 Å². The topological polar surface area (TPSA) is 41.5 Å². The first-order valence-electron chi connectivity index (χ1n) is 8.61. The minimum Gasteiger partial charge on any atom is -0.267 e. The van der Waals surface area contributed by atoms with E-state index in [1.807, 2.05) is 54.2 Å². The molecule has 0 unspecified atom stereocenters. The molecule has 0 saturated carbocycles. The molecular formula is C22H18Cl2N2OS. The molecule has 1 N–H and O–H groups in total. The Bertz CT molecular complexity index is 960. The van der Waals surface area contributed by atoms with Crippen molar-refractivity contribution >= 4 is 47.1 Å². The summed E-state index contributed by atoms with van der Waals surface area (Å²) in [5.41, 5.74) is 6.31. The normalized spacial score (nSPS) is 10.9. The van der Waals surface area contributed by atoms with Crippen molar-refractivity contribution in [2.45, 2.75) is 11.5 Å². The molecule has 142 valence electrons. The molecule has 0 radical (unpaired) electrons. The van der Waals surface area contributed by atoms with Crippen LogP contribution in [0.5, 0.6) is 0 Å². The van der Waals surface area contributed by atoms with Gasteiger partial charge in [-0.25, -0.2) is 5.43 Å². The van der Waals surface area contributed by atoms with Gasteiger partial charge in [-0.15, -0.1) is 0 Å². The molecule has 3 rings (SSSR count). The van der Waals surface area contributed by atoms with Gasteiger partial charge in [-0.3, -0.25) is 4.79 Å². The quantitative estimate of drug-likeness (QED) is 0.359. The first-order chi connectivity index (χ1) is 13.6. The fraction of sp³-hybridized carbons (Fsp3) is 0.0909. The molecule has 0 saturated heterocycles. The number of hydrogen-bond acceptors (Lipinski definition) is 3. The average Bonchev–Trinajstić information content (AvgIpc) is 2.72. The third-order valence-electron chi connectivity index (χ3n) is 3.92. The van der Waals surface area contributed by atoms with Crippen molar-refractivity contribution in [3.8, 4) is 0 Å². The van der Waals surface area contributed by atoms with Gasteiger partial charge in [-0.05, 0) is 41.0 Å². The molecule has 0 aliphatic carbocycles. The van der Waals surface area contributed by atoms with E-state index >= 15 is 0 Å². The van der Waals surface area contributed by atoms with Gasteiger partial charge in [0.1, 0.15) is 0 Å². The van der Waals surface area contributed by atoms with Crippen molar-refractivity contribution < 1.29 is 4.79 Å². The maximum Gasteiger partial charge on any atom is 0.271 e.